The van der Waals surface area contributed by atoms with Gasteiger partial charge in [0.2, 0.25) is 0 Å². The van der Waals surface area contributed by atoms with Gasteiger partial charge in [-0.05, 0) is 58.9 Å². The summed E-state index contributed by atoms with van der Waals surface area (Å²) in [6, 6.07) is 6.99. The molecule has 21 heavy (non-hydrogen) atoms. The predicted molar refractivity (Wildman–Crippen MR) is 92.9 cm³/mol. The molecule has 1 N–H and O–H groups in total. The van der Waals surface area contributed by atoms with Crippen LogP contribution in [0, 0.1) is 5.92 Å². The van der Waals surface area contributed by atoms with Crippen molar-refractivity contribution in [1.29, 1.82) is 0 Å². The van der Waals surface area contributed by atoms with Gasteiger partial charge in [-0.15, -0.1) is 0 Å². The molecule has 3 heteroatoms. The number of halogens is 1. The highest BCUT2D eigenvalue weighted by Gasteiger charge is 2.23. The molecule has 1 fully saturated rings. The summed E-state index contributed by atoms with van der Waals surface area (Å²) in [5.74, 6) is 1.66. The van der Waals surface area contributed by atoms with Gasteiger partial charge in [0.15, 0.2) is 0 Å². The van der Waals surface area contributed by atoms with Crippen LogP contribution >= 0.6 is 15.9 Å². The molecule has 1 aliphatic rings. The maximum Gasteiger partial charge on any atom is 0.133 e. The lowest BCUT2D eigenvalue weighted by atomic mass is 9.83. The number of rotatable bonds is 5. The molecule has 1 aromatic carbocycles. The van der Waals surface area contributed by atoms with E-state index in [0.29, 0.717) is 6.04 Å². The van der Waals surface area contributed by atoms with Gasteiger partial charge >= 0.3 is 0 Å². The first-order valence-corrected chi connectivity index (χ1v) is 9.12. The fourth-order valence-corrected chi connectivity index (χ4v) is 4.03. The minimum atomic E-state index is 0.468. The molecule has 0 aliphatic heterocycles. The minimum absolute atomic E-state index is 0.468. The van der Waals surface area contributed by atoms with Crippen LogP contribution in [0.2, 0.25) is 0 Å². The number of hydrogen-bond donors (Lipinski definition) is 1. The molecule has 118 valence electrons. The number of methoxy groups -OCH3 is 1. The summed E-state index contributed by atoms with van der Waals surface area (Å²) < 4.78 is 6.41. The van der Waals surface area contributed by atoms with Crippen molar-refractivity contribution < 1.29 is 4.74 Å². The largest absolute Gasteiger partial charge is 0.496 e. The Morgan fingerprint density at radius 1 is 1.19 bits per heavy atom. The maximum absolute atomic E-state index is 5.35. The van der Waals surface area contributed by atoms with Crippen molar-refractivity contribution in [3.05, 3.63) is 28.2 Å². The standard InChI is InChI=1S/C18H28BrNO/c1-3-20-18(14-9-7-5-4-6-8-10-14)15-11-12-17(21-2)16(19)13-15/h11-14,18,20H,3-10H2,1-2H3. The lowest BCUT2D eigenvalue weighted by molar-refractivity contribution is 0.291. The molecule has 0 spiro atoms. The quantitative estimate of drug-likeness (QED) is 0.757. The Hall–Kier alpha value is -0.540. The van der Waals surface area contributed by atoms with Gasteiger partial charge in [-0.2, -0.15) is 0 Å². The van der Waals surface area contributed by atoms with E-state index < -0.39 is 0 Å². The summed E-state index contributed by atoms with van der Waals surface area (Å²) in [5.41, 5.74) is 1.38. The van der Waals surface area contributed by atoms with E-state index in [-0.39, 0.29) is 0 Å². The summed E-state index contributed by atoms with van der Waals surface area (Å²) >= 11 is 3.63. The fraction of sp³-hybridized carbons (Fsp3) is 0.667. The zero-order chi connectivity index (χ0) is 15.1. The van der Waals surface area contributed by atoms with Crippen molar-refractivity contribution in [2.24, 2.45) is 5.92 Å². The van der Waals surface area contributed by atoms with Gasteiger partial charge in [0.25, 0.3) is 0 Å². The zero-order valence-electron chi connectivity index (χ0n) is 13.3. The van der Waals surface area contributed by atoms with E-state index in [1.807, 2.05) is 0 Å². The van der Waals surface area contributed by atoms with Crippen molar-refractivity contribution >= 4 is 15.9 Å². The third-order valence-corrected chi connectivity index (χ3v) is 5.20. The maximum atomic E-state index is 5.35. The first-order valence-electron chi connectivity index (χ1n) is 8.33. The van der Waals surface area contributed by atoms with Crippen LogP contribution in [0.5, 0.6) is 5.75 Å². The molecule has 0 bridgehead atoms. The number of hydrogen-bond acceptors (Lipinski definition) is 2. The van der Waals surface area contributed by atoms with Crippen molar-refractivity contribution in [3.8, 4) is 5.75 Å². The molecule has 0 saturated heterocycles. The second kappa shape index (κ2) is 8.79. The average Bonchev–Trinajstić information content (AvgIpc) is 2.45. The highest BCUT2D eigenvalue weighted by molar-refractivity contribution is 9.10. The van der Waals surface area contributed by atoms with E-state index >= 15 is 0 Å². The molecule has 1 saturated carbocycles. The predicted octanol–water partition coefficient (Wildman–Crippen LogP) is 5.47. The van der Waals surface area contributed by atoms with Crippen LogP contribution in [0.4, 0.5) is 0 Å². The van der Waals surface area contributed by atoms with Crippen LogP contribution < -0.4 is 10.1 Å². The fourth-order valence-electron chi connectivity index (χ4n) is 3.47. The number of nitrogens with one attached hydrogen (secondary N) is 1. The first kappa shape index (κ1) is 16.8. The first-order chi connectivity index (χ1) is 10.3. The Balaban J connectivity index is 2.18. The van der Waals surface area contributed by atoms with Crippen LogP contribution in [0.15, 0.2) is 22.7 Å². The SMILES string of the molecule is CCNC(c1ccc(OC)c(Br)c1)C1CCCCCCC1. The van der Waals surface area contributed by atoms with Crippen molar-refractivity contribution in [1.82, 2.24) is 5.32 Å². The lowest BCUT2D eigenvalue weighted by Crippen LogP contribution is -2.29. The second-order valence-corrected chi connectivity index (χ2v) is 6.89. The van der Waals surface area contributed by atoms with Gasteiger partial charge in [0.05, 0.1) is 11.6 Å². The molecule has 0 heterocycles. The minimum Gasteiger partial charge on any atom is -0.496 e. The molecule has 1 unspecified atom stereocenters. The van der Waals surface area contributed by atoms with Crippen LogP contribution in [-0.4, -0.2) is 13.7 Å². The molecular formula is C18H28BrNO. The third-order valence-electron chi connectivity index (χ3n) is 4.58. The van der Waals surface area contributed by atoms with Gasteiger partial charge < -0.3 is 10.1 Å². The highest BCUT2D eigenvalue weighted by Crippen LogP contribution is 2.35. The van der Waals surface area contributed by atoms with Gasteiger partial charge in [0.1, 0.15) is 5.75 Å². The van der Waals surface area contributed by atoms with Gasteiger partial charge in [-0.1, -0.05) is 45.1 Å². The van der Waals surface area contributed by atoms with Crippen molar-refractivity contribution in [3.63, 3.8) is 0 Å². The van der Waals surface area contributed by atoms with E-state index in [9.17, 15) is 0 Å². The molecule has 2 rings (SSSR count). The third kappa shape index (κ3) is 4.72. The highest BCUT2D eigenvalue weighted by atomic mass is 79.9. The van der Waals surface area contributed by atoms with Gasteiger partial charge in [-0.25, -0.2) is 0 Å². The summed E-state index contributed by atoms with van der Waals surface area (Å²) in [4.78, 5) is 0. The van der Waals surface area contributed by atoms with E-state index in [1.165, 1.54) is 50.5 Å². The molecule has 1 atom stereocenters. The molecule has 1 aliphatic carbocycles. The average molecular weight is 354 g/mol. The van der Waals surface area contributed by atoms with Gasteiger partial charge in [0, 0.05) is 6.04 Å². The van der Waals surface area contributed by atoms with Crippen molar-refractivity contribution in [2.75, 3.05) is 13.7 Å². The topological polar surface area (TPSA) is 21.3 Å². The smallest absolute Gasteiger partial charge is 0.133 e. The lowest BCUT2D eigenvalue weighted by Gasteiger charge is -2.30. The van der Waals surface area contributed by atoms with E-state index in [4.69, 9.17) is 4.74 Å². The Bertz CT molecular complexity index is 427. The Labute approximate surface area is 137 Å². The number of benzene rings is 1. The molecule has 1 aromatic rings. The van der Waals surface area contributed by atoms with Gasteiger partial charge in [-0.3, -0.25) is 0 Å². The summed E-state index contributed by atoms with van der Waals surface area (Å²) in [5, 5.41) is 3.72. The Morgan fingerprint density at radius 3 is 2.43 bits per heavy atom. The number of ether oxygens (including phenoxy) is 1. The molecule has 2 nitrogen and oxygen atoms in total. The van der Waals surface area contributed by atoms with E-state index in [2.05, 4.69) is 46.4 Å². The van der Waals surface area contributed by atoms with E-state index in [0.717, 1.165) is 22.7 Å². The van der Waals surface area contributed by atoms with Crippen LogP contribution in [-0.2, 0) is 0 Å². The molecule has 0 radical (unpaired) electrons. The van der Waals surface area contributed by atoms with Crippen LogP contribution in [0.3, 0.4) is 0 Å². The van der Waals surface area contributed by atoms with Crippen molar-refractivity contribution in [2.45, 2.75) is 57.9 Å². The summed E-state index contributed by atoms with van der Waals surface area (Å²) in [6.45, 7) is 3.22. The molecule has 0 amide bonds. The normalized spacial score (nSPS) is 18.8. The van der Waals surface area contributed by atoms with E-state index in [1.54, 1.807) is 7.11 Å². The summed E-state index contributed by atoms with van der Waals surface area (Å²) in [6.07, 6.45) is 9.69. The second-order valence-electron chi connectivity index (χ2n) is 6.03. The summed E-state index contributed by atoms with van der Waals surface area (Å²) in [7, 11) is 1.72. The molecular weight excluding hydrogens is 326 g/mol. The molecule has 0 aromatic heterocycles. The Kier molecular flexibility index (Phi) is 7.05. The zero-order valence-corrected chi connectivity index (χ0v) is 14.9. The monoisotopic (exact) mass is 353 g/mol. The Morgan fingerprint density at radius 2 is 1.86 bits per heavy atom. The van der Waals surface area contributed by atoms with Crippen LogP contribution in [0.25, 0.3) is 0 Å². The van der Waals surface area contributed by atoms with Crippen LogP contribution in [0.1, 0.15) is 63.5 Å².